The number of carbonyl (C=O) groups is 3. The van der Waals surface area contributed by atoms with Gasteiger partial charge in [0.25, 0.3) is 5.91 Å². The molecule has 0 radical (unpaired) electrons. The molecule has 0 unspecified atom stereocenters. The Balaban J connectivity index is 2.21. The Bertz CT molecular complexity index is 1140. The van der Waals surface area contributed by atoms with E-state index in [4.69, 9.17) is 0 Å². The number of nitrogens with one attached hydrogen (secondary N) is 3. The van der Waals surface area contributed by atoms with Gasteiger partial charge in [0, 0.05) is 37.0 Å². The van der Waals surface area contributed by atoms with Crippen molar-refractivity contribution in [2.45, 2.75) is 45.6 Å². The molecule has 0 bridgehead atoms. The molecule has 0 aliphatic rings. The third-order valence-electron chi connectivity index (χ3n) is 5.13. The minimum atomic E-state index is -3.73. The van der Waals surface area contributed by atoms with Gasteiger partial charge < -0.3 is 16.0 Å². The van der Waals surface area contributed by atoms with Gasteiger partial charge in [-0.2, -0.15) is 4.31 Å². The van der Waals surface area contributed by atoms with Crippen LogP contribution in [-0.4, -0.2) is 49.6 Å². The van der Waals surface area contributed by atoms with E-state index in [1.807, 2.05) is 0 Å². The Morgan fingerprint density at radius 2 is 1.50 bits per heavy atom. The predicted octanol–water partition coefficient (Wildman–Crippen LogP) is 3.07. The summed E-state index contributed by atoms with van der Waals surface area (Å²) in [4.78, 5) is 37.2. The van der Waals surface area contributed by atoms with Gasteiger partial charge in [-0.1, -0.05) is 39.8 Å². The number of rotatable bonds is 10. The van der Waals surface area contributed by atoms with Crippen LogP contribution >= 0.6 is 0 Å². The van der Waals surface area contributed by atoms with Gasteiger partial charge >= 0.3 is 0 Å². The zero-order valence-corrected chi connectivity index (χ0v) is 20.9. The highest BCUT2D eigenvalue weighted by atomic mass is 32.2. The molecule has 2 rings (SSSR count). The molecule has 3 N–H and O–H groups in total. The molecule has 0 aliphatic heterocycles. The van der Waals surface area contributed by atoms with Gasteiger partial charge in [0.15, 0.2) is 0 Å². The Hall–Kier alpha value is -3.24. The highest BCUT2D eigenvalue weighted by Crippen LogP contribution is 2.19. The van der Waals surface area contributed by atoms with Crippen molar-refractivity contribution in [1.82, 2.24) is 9.62 Å². The fraction of sp³-hybridized carbons (Fsp3) is 0.375. The molecular weight excluding hydrogens is 456 g/mol. The smallest absolute Gasteiger partial charge is 0.251 e. The van der Waals surface area contributed by atoms with E-state index in [1.165, 1.54) is 35.5 Å². The molecule has 3 amide bonds. The highest BCUT2D eigenvalue weighted by Gasteiger charge is 2.26. The van der Waals surface area contributed by atoms with E-state index < -0.39 is 27.9 Å². The van der Waals surface area contributed by atoms with Gasteiger partial charge in [-0.3, -0.25) is 14.4 Å². The van der Waals surface area contributed by atoms with Crippen LogP contribution in [0.1, 0.15) is 45.0 Å². The first-order valence-electron chi connectivity index (χ1n) is 11.1. The maximum absolute atomic E-state index is 12.9. The minimum Gasteiger partial charge on any atom is -0.340 e. The van der Waals surface area contributed by atoms with E-state index in [2.05, 4.69) is 16.0 Å². The average molecular weight is 489 g/mol. The van der Waals surface area contributed by atoms with Crippen molar-refractivity contribution < 1.29 is 22.8 Å². The van der Waals surface area contributed by atoms with Crippen molar-refractivity contribution in [2.75, 3.05) is 23.7 Å². The van der Waals surface area contributed by atoms with Crippen LogP contribution in [0, 0.1) is 5.92 Å². The van der Waals surface area contributed by atoms with Crippen LogP contribution in [0.5, 0.6) is 0 Å². The molecule has 1 atom stereocenters. The Kier molecular flexibility index (Phi) is 9.34. The van der Waals surface area contributed by atoms with Crippen molar-refractivity contribution in [3.8, 4) is 0 Å². The Morgan fingerprint density at radius 1 is 0.912 bits per heavy atom. The minimum absolute atomic E-state index is 0.0178. The molecule has 0 saturated heterocycles. The molecule has 184 valence electrons. The lowest BCUT2D eigenvalue weighted by molar-refractivity contribution is -0.119. The monoisotopic (exact) mass is 488 g/mol. The lowest BCUT2D eigenvalue weighted by Crippen LogP contribution is -2.47. The van der Waals surface area contributed by atoms with Crippen molar-refractivity contribution in [3.63, 3.8) is 0 Å². The molecule has 0 heterocycles. The number of anilines is 2. The van der Waals surface area contributed by atoms with Gasteiger partial charge in [-0.05, 0) is 42.3 Å². The standard InChI is InChI=1S/C24H32N4O5S/c1-6-28(7-2)34(32,33)21-13-8-10-18(14-21)23(30)27-22(16(3)4)24(31)26-20-12-9-11-19(15-20)25-17(5)29/h8-16,22H,6-7H2,1-5H3,(H,25,29)(H,26,31)(H,27,30)/t22-/m0/s1. The van der Waals surface area contributed by atoms with Crippen LogP contribution in [0.3, 0.4) is 0 Å². The molecule has 34 heavy (non-hydrogen) atoms. The third-order valence-corrected chi connectivity index (χ3v) is 7.17. The summed E-state index contributed by atoms with van der Waals surface area (Å²) in [5.41, 5.74) is 1.13. The molecule has 0 aliphatic carbocycles. The topological polar surface area (TPSA) is 125 Å². The molecule has 2 aromatic carbocycles. The molecular formula is C24H32N4O5S. The van der Waals surface area contributed by atoms with Gasteiger partial charge in [0.05, 0.1) is 4.90 Å². The maximum Gasteiger partial charge on any atom is 0.251 e. The first kappa shape index (κ1) is 27.0. The number of amides is 3. The summed E-state index contributed by atoms with van der Waals surface area (Å²) in [5.74, 6) is -1.47. The zero-order chi connectivity index (χ0) is 25.5. The highest BCUT2D eigenvalue weighted by molar-refractivity contribution is 7.89. The zero-order valence-electron chi connectivity index (χ0n) is 20.1. The first-order valence-corrected chi connectivity index (χ1v) is 12.5. The van der Waals surface area contributed by atoms with E-state index in [9.17, 15) is 22.8 Å². The van der Waals surface area contributed by atoms with Crippen molar-refractivity contribution in [3.05, 3.63) is 54.1 Å². The van der Waals surface area contributed by atoms with E-state index in [0.717, 1.165) is 0 Å². The number of benzene rings is 2. The van der Waals surface area contributed by atoms with Crippen molar-refractivity contribution >= 4 is 39.1 Å². The van der Waals surface area contributed by atoms with Crippen molar-refractivity contribution in [2.24, 2.45) is 5.92 Å². The lowest BCUT2D eigenvalue weighted by Gasteiger charge is -2.22. The summed E-state index contributed by atoms with van der Waals surface area (Å²) in [6.45, 7) is 9.09. The molecule has 0 fully saturated rings. The molecule has 2 aromatic rings. The SMILES string of the molecule is CCN(CC)S(=O)(=O)c1cccc(C(=O)N[C@H](C(=O)Nc2cccc(NC(C)=O)c2)C(C)C)c1. The van der Waals surface area contributed by atoms with Gasteiger partial charge in [-0.25, -0.2) is 8.42 Å². The second kappa shape index (κ2) is 11.8. The van der Waals surface area contributed by atoms with Crippen LogP contribution < -0.4 is 16.0 Å². The molecule has 0 aromatic heterocycles. The number of sulfonamides is 1. The number of hydrogen-bond donors (Lipinski definition) is 3. The summed E-state index contributed by atoms with van der Waals surface area (Å²) in [7, 11) is -3.73. The fourth-order valence-corrected chi connectivity index (χ4v) is 4.87. The number of hydrogen-bond acceptors (Lipinski definition) is 5. The van der Waals surface area contributed by atoms with Gasteiger partial charge in [-0.15, -0.1) is 0 Å². The molecule has 0 spiro atoms. The van der Waals surface area contributed by atoms with Crippen LogP contribution in [-0.2, 0) is 19.6 Å². The summed E-state index contributed by atoms with van der Waals surface area (Å²) >= 11 is 0. The summed E-state index contributed by atoms with van der Waals surface area (Å²) < 4.78 is 26.9. The number of nitrogens with zero attached hydrogens (tertiary/aromatic N) is 1. The van der Waals surface area contributed by atoms with Crippen molar-refractivity contribution in [1.29, 1.82) is 0 Å². The third kappa shape index (κ3) is 6.88. The quantitative estimate of drug-likeness (QED) is 0.474. The van der Waals surface area contributed by atoms with Gasteiger partial charge in [0.1, 0.15) is 6.04 Å². The molecule has 0 saturated carbocycles. The van der Waals surface area contributed by atoms with E-state index in [-0.39, 0.29) is 22.3 Å². The predicted molar refractivity (Wildman–Crippen MR) is 132 cm³/mol. The second-order valence-corrected chi connectivity index (χ2v) is 10.0. The largest absolute Gasteiger partial charge is 0.340 e. The van der Waals surface area contributed by atoms with E-state index in [1.54, 1.807) is 52.0 Å². The van der Waals surface area contributed by atoms with E-state index in [0.29, 0.717) is 24.5 Å². The molecule has 10 heteroatoms. The maximum atomic E-state index is 12.9. The van der Waals surface area contributed by atoms with Crippen LogP contribution in [0.15, 0.2) is 53.4 Å². The fourth-order valence-electron chi connectivity index (χ4n) is 3.37. The normalized spacial score (nSPS) is 12.3. The Labute approximate surface area is 201 Å². The van der Waals surface area contributed by atoms with Crippen LogP contribution in [0.4, 0.5) is 11.4 Å². The Morgan fingerprint density at radius 3 is 2.06 bits per heavy atom. The molecule has 9 nitrogen and oxygen atoms in total. The average Bonchev–Trinajstić information content (AvgIpc) is 2.77. The number of carbonyl (C=O) groups excluding carboxylic acids is 3. The second-order valence-electron chi connectivity index (χ2n) is 8.06. The van der Waals surface area contributed by atoms with E-state index >= 15 is 0 Å². The summed E-state index contributed by atoms with van der Waals surface area (Å²) in [6, 6.07) is 11.5. The first-order chi connectivity index (χ1) is 16.0. The van der Waals surface area contributed by atoms with Crippen LogP contribution in [0.2, 0.25) is 0 Å². The summed E-state index contributed by atoms with van der Waals surface area (Å²) in [5, 5.41) is 8.10. The lowest BCUT2D eigenvalue weighted by atomic mass is 10.0. The van der Waals surface area contributed by atoms with Crippen LogP contribution in [0.25, 0.3) is 0 Å². The summed E-state index contributed by atoms with van der Waals surface area (Å²) in [6.07, 6.45) is 0. The van der Waals surface area contributed by atoms with Gasteiger partial charge in [0.2, 0.25) is 21.8 Å².